The molecule has 2 saturated heterocycles. The number of hydrogen-bond acceptors (Lipinski definition) is 6. The van der Waals surface area contributed by atoms with Crippen LogP contribution in [0.15, 0.2) is 48.5 Å². The summed E-state index contributed by atoms with van der Waals surface area (Å²) in [6.07, 6.45) is 6.42. The third kappa shape index (κ3) is 6.77. The Hall–Kier alpha value is -3.88. The molecule has 2 aromatic rings. The van der Waals surface area contributed by atoms with E-state index < -0.39 is 0 Å². The predicted octanol–water partition coefficient (Wildman–Crippen LogP) is 5.06. The Kier molecular flexibility index (Phi) is 9.77. The summed E-state index contributed by atoms with van der Waals surface area (Å²) in [5.74, 6) is 0.266. The van der Waals surface area contributed by atoms with Crippen molar-refractivity contribution in [3.8, 4) is 0 Å². The van der Waals surface area contributed by atoms with Crippen LogP contribution in [0.25, 0.3) is 0 Å². The average molecular weight is 575 g/mol. The van der Waals surface area contributed by atoms with Crippen LogP contribution < -0.4 is 4.90 Å². The lowest BCUT2D eigenvalue weighted by Gasteiger charge is -2.35. The van der Waals surface area contributed by atoms with Crippen molar-refractivity contribution in [3.05, 3.63) is 65.2 Å². The molecular weight excluding hydrogens is 532 g/mol. The Morgan fingerprint density at radius 1 is 0.786 bits per heavy atom. The Labute approximate surface area is 248 Å². The van der Waals surface area contributed by atoms with Crippen LogP contribution in [-0.4, -0.2) is 90.9 Å². The van der Waals surface area contributed by atoms with Crippen LogP contribution in [0.2, 0.25) is 0 Å². The van der Waals surface area contributed by atoms with Crippen LogP contribution in [0.1, 0.15) is 82.9 Å². The van der Waals surface area contributed by atoms with E-state index >= 15 is 0 Å². The van der Waals surface area contributed by atoms with Crippen molar-refractivity contribution < 1.29 is 23.9 Å². The summed E-state index contributed by atoms with van der Waals surface area (Å²) < 4.78 is 5.33. The van der Waals surface area contributed by atoms with Gasteiger partial charge in [-0.3, -0.25) is 19.3 Å². The molecule has 2 fully saturated rings. The normalized spacial score (nSPS) is 17.5. The van der Waals surface area contributed by atoms with Gasteiger partial charge in [-0.2, -0.15) is 0 Å². The Balaban J connectivity index is 1.00. The molecule has 0 spiro atoms. The number of ether oxygens (including phenoxy) is 1. The second kappa shape index (κ2) is 13.9. The van der Waals surface area contributed by atoms with Crippen molar-refractivity contribution in [2.45, 2.75) is 51.9 Å². The third-order valence-electron chi connectivity index (χ3n) is 8.76. The van der Waals surface area contributed by atoms with Gasteiger partial charge in [-0.05, 0) is 68.0 Å². The first-order chi connectivity index (χ1) is 20.5. The summed E-state index contributed by atoms with van der Waals surface area (Å²) in [6.45, 7) is 7.24. The van der Waals surface area contributed by atoms with Gasteiger partial charge in [0.25, 0.3) is 17.7 Å². The van der Waals surface area contributed by atoms with Gasteiger partial charge < -0.3 is 19.4 Å². The Bertz CT molecular complexity index is 1230. The number of unbranched alkanes of at least 4 members (excludes halogenated alkanes) is 2. The van der Waals surface area contributed by atoms with Crippen LogP contribution >= 0.6 is 0 Å². The van der Waals surface area contributed by atoms with E-state index in [4.69, 9.17) is 4.74 Å². The molecule has 2 aromatic carbocycles. The number of piperidine rings is 1. The molecule has 0 aromatic heterocycles. The molecule has 9 heteroatoms. The van der Waals surface area contributed by atoms with Gasteiger partial charge in [-0.25, -0.2) is 4.79 Å². The molecule has 0 radical (unpaired) electrons. The van der Waals surface area contributed by atoms with E-state index in [-0.39, 0.29) is 23.8 Å². The summed E-state index contributed by atoms with van der Waals surface area (Å²) in [5, 5.41) is 0. The number of carbonyl (C=O) groups is 4. The van der Waals surface area contributed by atoms with Gasteiger partial charge in [0.15, 0.2) is 0 Å². The Morgan fingerprint density at radius 2 is 1.43 bits per heavy atom. The molecule has 4 amide bonds. The van der Waals surface area contributed by atoms with Crippen LogP contribution in [0, 0.1) is 5.92 Å². The molecule has 3 aliphatic rings. The molecule has 42 heavy (non-hydrogen) atoms. The second-order valence-corrected chi connectivity index (χ2v) is 11.5. The van der Waals surface area contributed by atoms with Gasteiger partial charge in [0.2, 0.25) is 0 Å². The molecular formula is C33H42N4O5. The fraction of sp³-hybridized carbons (Fsp3) is 0.515. The van der Waals surface area contributed by atoms with Gasteiger partial charge in [0.05, 0.1) is 17.7 Å². The molecule has 0 atom stereocenters. The van der Waals surface area contributed by atoms with E-state index in [1.807, 2.05) is 29.2 Å². The largest absolute Gasteiger partial charge is 0.449 e. The van der Waals surface area contributed by atoms with Gasteiger partial charge in [-0.1, -0.05) is 38.3 Å². The summed E-state index contributed by atoms with van der Waals surface area (Å²) in [7, 11) is 0. The highest BCUT2D eigenvalue weighted by atomic mass is 16.6. The number of carbonyl (C=O) groups excluding carboxylic acids is 4. The minimum atomic E-state index is -0.228. The lowest BCUT2D eigenvalue weighted by Crippen LogP contribution is -2.49. The molecule has 0 bridgehead atoms. The maximum absolute atomic E-state index is 13.2. The number of anilines is 1. The quantitative estimate of drug-likeness (QED) is 0.291. The lowest BCUT2D eigenvalue weighted by molar-refractivity contribution is 0.0650. The molecule has 3 aliphatic heterocycles. The molecule has 9 nitrogen and oxygen atoms in total. The summed E-state index contributed by atoms with van der Waals surface area (Å²) in [4.78, 5) is 57.8. The number of hydrogen-bond donors (Lipinski definition) is 0. The van der Waals surface area contributed by atoms with Crippen molar-refractivity contribution in [2.24, 2.45) is 5.92 Å². The van der Waals surface area contributed by atoms with Crippen molar-refractivity contribution >= 4 is 29.5 Å². The van der Waals surface area contributed by atoms with Crippen molar-refractivity contribution in [1.29, 1.82) is 0 Å². The standard InChI is InChI=1S/C33H42N4O5/c1-2-3-24-42-33(41)36-22-20-34(21-23-36)27-13-11-26(12-14-27)30(38)35-18-15-25(16-19-35)8-6-7-17-37-31(39)28-9-4-5-10-29(28)32(37)40/h4-5,9-14,25H,2-3,6-8,15-24H2,1H3. The van der Waals surface area contributed by atoms with Crippen LogP contribution in [0.4, 0.5) is 10.5 Å². The molecule has 0 unspecified atom stereocenters. The smallest absolute Gasteiger partial charge is 0.409 e. The summed E-state index contributed by atoms with van der Waals surface area (Å²) >= 11 is 0. The van der Waals surface area contributed by atoms with E-state index in [2.05, 4.69) is 11.8 Å². The third-order valence-corrected chi connectivity index (χ3v) is 8.76. The first-order valence-electron chi connectivity index (χ1n) is 15.5. The molecule has 3 heterocycles. The maximum atomic E-state index is 13.2. The van der Waals surface area contributed by atoms with Gasteiger partial charge in [-0.15, -0.1) is 0 Å². The SMILES string of the molecule is CCCCOC(=O)N1CCN(c2ccc(C(=O)N3CCC(CCCCN4C(=O)c5ccccc5C4=O)CC3)cc2)CC1. The molecule has 5 rings (SSSR count). The number of fused-ring (bicyclic) bond motifs is 1. The number of likely N-dealkylation sites (tertiary alicyclic amines) is 1. The molecule has 0 N–H and O–H groups in total. The summed E-state index contributed by atoms with van der Waals surface area (Å²) in [6, 6.07) is 14.9. The van der Waals surface area contributed by atoms with E-state index in [9.17, 15) is 19.2 Å². The monoisotopic (exact) mass is 574 g/mol. The fourth-order valence-corrected chi connectivity index (χ4v) is 6.11. The first-order valence-corrected chi connectivity index (χ1v) is 15.5. The summed E-state index contributed by atoms with van der Waals surface area (Å²) in [5.41, 5.74) is 2.78. The van der Waals surface area contributed by atoms with E-state index in [1.54, 1.807) is 29.2 Å². The fourth-order valence-electron chi connectivity index (χ4n) is 6.11. The highest BCUT2D eigenvalue weighted by molar-refractivity contribution is 6.21. The minimum absolute atomic E-state index is 0.0743. The highest BCUT2D eigenvalue weighted by Crippen LogP contribution is 2.26. The number of imide groups is 1. The zero-order valence-electron chi connectivity index (χ0n) is 24.6. The first kappa shape index (κ1) is 29.6. The van der Waals surface area contributed by atoms with E-state index in [0.29, 0.717) is 48.8 Å². The number of piperazine rings is 1. The van der Waals surface area contributed by atoms with Gasteiger partial charge in [0, 0.05) is 57.1 Å². The number of amides is 4. The molecule has 0 aliphatic carbocycles. The van der Waals surface area contributed by atoms with Crippen LogP contribution in [0.3, 0.4) is 0 Å². The maximum Gasteiger partial charge on any atom is 0.409 e. The highest BCUT2D eigenvalue weighted by Gasteiger charge is 2.34. The lowest BCUT2D eigenvalue weighted by atomic mass is 9.91. The van der Waals surface area contributed by atoms with E-state index in [1.165, 1.54) is 4.90 Å². The van der Waals surface area contributed by atoms with Crippen molar-refractivity contribution in [3.63, 3.8) is 0 Å². The number of nitrogens with zero attached hydrogens (tertiary/aromatic N) is 4. The second-order valence-electron chi connectivity index (χ2n) is 11.5. The predicted molar refractivity (Wildman–Crippen MR) is 161 cm³/mol. The van der Waals surface area contributed by atoms with Crippen LogP contribution in [0.5, 0.6) is 0 Å². The number of rotatable bonds is 10. The van der Waals surface area contributed by atoms with E-state index in [0.717, 1.165) is 76.8 Å². The average Bonchev–Trinajstić information content (AvgIpc) is 3.28. The zero-order valence-corrected chi connectivity index (χ0v) is 24.6. The topological polar surface area (TPSA) is 90.5 Å². The molecule has 224 valence electrons. The Morgan fingerprint density at radius 3 is 2.05 bits per heavy atom. The van der Waals surface area contributed by atoms with Crippen molar-refractivity contribution in [2.75, 3.05) is 57.3 Å². The minimum Gasteiger partial charge on any atom is -0.449 e. The number of benzene rings is 2. The van der Waals surface area contributed by atoms with Gasteiger partial charge >= 0.3 is 6.09 Å². The van der Waals surface area contributed by atoms with Crippen LogP contribution in [-0.2, 0) is 4.74 Å². The zero-order chi connectivity index (χ0) is 29.5. The molecule has 0 saturated carbocycles. The van der Waals surface area contributed by atoms with Crippen molar-refractivity contribution in [1.82, 2.24) is 14.7 Å². The van der Waals surface area contributed by atoms with Gasteiger partial charge in [0.1, 0.15) is 0 Å².